The van der Waals surface area contributed by atoms with E-state index in [1.807, 2.05) is 43.6 Å². The van der Waals surface area contributed by atoms with E-state index >= 15 is 0 Å². The van der Waals surface area contributed by atoms with Crippen LogP contribution in [0.3, 0.4) is 0 Å². The minimum atomic E-state index is 0.411. The summed E-state index contributed by atoms with van der Waals surface area (Å²) in [6.07, 6.45) is 7.94. The van der Waals surface area contributed by atoms with Crippen molar-refractivity contribution >= 4 is 116 Å². The third-order valence-corrected chi connectivity index (χ3v) is 17.3. The molecule has 0 fully saturated rings. The number of thioether (sulfide) groups is 1. The van der Waals surface area contributed by atoms with Crippen LogP contribution in [0.1, 0.15) is 25.0 Å². The molecule has 0 atom stereocenters. The summed E-state index contributed by atoms with van der Waals surface area (Å²) in [4.78, 5) is 32.0. The van der Waals surface area contributed by atoms with Crippen LogP contribution in [0.15, 0.2) is 248 Å². The number of fused-ring (bicyclic) bond motifs is 5. The van der Waals surface area contributed by atoms with Gasteiger partial charge in [0.2, 0.25) is 0 Å². The van der Waals surface area contributed by atoms with Crippen LogP contribution < -0.4 is 0 Å². The minimum Gasteiger partial charge on any atom is -0.261 e. The number of benzene rings is 8. The standard InChI is InChI=1S/C67H48N6S4/c1-5-7-25-51(42(3)74-35-6-2)65(68-4)70-63(69-41-50-24-14-21-45-32-36-75-60(45)50)48-28-30-52-56(39-48)58(43-17-10-8-11-18-43)53-31-29-49(40-57(53)59(52)44-19-12-9-13-20-44)64-71-66(54-26-15-22-46-33-37-76-61(46)54)73-67(72-64)55-27-16-23-47-34-38-77-62(47)55/h5-40H,3-4,41H2,1-2H3/b7-5-,35-6-,51-25+,69-63?,70-65?. The maximum absolute atomic E-state index is 5.38. The number of allylic oxidation sites excluding steroid dienone is 4. The first kappa shape index (κ1) is 49.4. The lowest BCUT2D eigenvalue weighted by atomic mass is 9.84. The van der Waals surface area contributed by atoms with Crippen LogP contribution in [0.25, 0.3) is 108 Å². The molecule has 0 aliphatic rings. The van der Waals surface area contributed by atoms with E-state index in [-0.39, 0.29) is 0 Å². The summed E-state index contributed by atoms with van der Waals surface area (Å²) in [6.45, 7) is 12.9. The zero-order valence-electron chi connectivity index (χ0n) is 42.2. The first-order valence-electron chi connectivity index (χ1n) is 25.2. The molecule has 0 saturated heterocycles. The van der Waals surface area contributed by atoms with Crippen molar-refractivity contribution in [3.8, 4) is 56.4 Å². The normalized spacial score (nSPS) is 12.6. The first-order valence-corrected chi connectivity index (χ1v) is 28.7. The highest BCUT2D eigenvalue weighted by molar-refractivity contribution is 8.06. The Bertz CT molecular complexity index is 4310. The lowest BCUT2D eigenvalue weighted by Crippen LogP contribution is -2.08. The molecule has 0 spiro atoms. The van der Waals surface area contributed by atoms with Gasteiger partial charge in [0.15, 0.2) is 29.1 Å². The average Bonchev–Trinajstić information content (AvgIpc) is 4.32. The summed E-state index contributed by atoms with van der Waals surface area (Å²) in [7, 11) is 0. The average molecular weight is 1070 g/mol. The maximum Gasteiger partial charge on any atom is 0.165 e. The predicted octanol–water partition coefficient (Wildman–Crippen LogP) is 19.5. The van der Waals surface area contributed by atoms with Crippen molar-refractivity contribution in [1.29, 1.82) is 0 Å². The first-order chi connectivity index (χ1) is 38.0. The Morgan fingerprint density at radius 1 is 0.545 bits per heavy atom. The largest absolute Gasteiger partial charge is 0.261 e. The Labute approximate surface area is 463 Å². The number of thiophene rings is 3. The van der Waals surface area contributed by atoms with Gasteiger partial charge in [-0.05, 0) is 150 Å². The molecule has 12 rings (SSSR count). The van der Waals surface area contributed by atoms with E-state index in [0.717, 1.165) is 102 Å². The van der Waals surface area contributed by atoms with Crippen LogP contribution in [0, 0.1) is 0 Å². The van der Waals surface area contributed by atoms with Gasteiger partial charge in [-0.15, -0.1) is 34.0 Å². The van der Waals surface area contributed by atoms with Crippen molar-refractivity contribution in [2.45, 2.75) is 20.4 Å². The Balaban J connectivity index is 1.11. The van der Waals surface area contributed by atoms with Crippen molar-refractivity contribution in [2.75, 3.05) is 0 Å². The summed E-state index contributed by atoms with van der Waals surface area (Å²) in [5, 5.41) is 16.2. The molecule has 77 heavy (non-hydrogen) atoms. The van der Waals surface area contributed by atoms with Gasteiger partial charge in [0.1, 0.15) is 0 Å². The van der Waals surface area contributed by atoms with Crippen LogP contribution in [0.4, 0.5) is 0 Å². The fourth-order valence-electron chi connectivity index (χ4n) is 9.93. The summed E-state index contributed by atoms with van der Waals surface area (Å²) < 4.78 is 3.49. The van der Waals surface area contributed by atoms with E-state index in [1.54, 1.807) is 34.0 Å². The fraction of sp³-hybridized carbons (Fsp3) is 0.0448. The molecule has 0 saturated carbocycles. The monoisotopic (exact) mass is 1060 g/mol. The molecule has 8 aromatic carbocycles. The molecule has 0 N–H and O–H groups in total. The predicted molar refractivity (Wildman–Crippen MR) is 336 cm³/mol. The van der Waals surface area contributed by atoms with E-state index < -0.39 is 0 Å². The molecule has 4 heterocycles. The van der Waals surface area contributed by atoms with Gasteiger partial charge in [-0.3, -0.25) is 4.99 Å². The van der Waals surface area contributed by atoms with Crippen LogP contribution in [0.2, 0.25) is 0 Å². The molecule has 0 radical (unpaired) electrons. The Hall–Kier alpha value is -8.51. The minimum absolute atomic E-state index is 0.411. The van der Waals surface area contributed by atoms with Gasteiger partial charge in [0.25, 0.3) is 0 Å². The van der Waals surface area contributed by atoms with Crippen LogP contribution in [-0.4, -0.2) is 33.3 Å². The topological polar surface area (TPSA) is 75.8 Å². The third-order valence-electron chi connectivity index (χ3n) is 13.5. The van der Waals surface area contributed by atoms with Crippen molar-refractivity contribution in [3.63, 3.8) is 0 Å². The Kier molecular flexibility index (Phi) is 14.1. The zero-order chi connectivity index (χ0) is 52.2. The summed E-state index contributed by atoms with van der Waals surface area (Å²) in [5.74, 6) is 2.84. The molecule has 12 aromatic rings. The van der Waals surface area contributed by atoms with Crippen molar-refractivity contribution in [3.05, 3.63) is 244 Å². The number of nitrogens with zero attached hydrogens (tertiary/aromatic N) is 6. The molecule has 0 unspecified atom stereocenters. The van der Waals surface area contributed by atoms with Crippen molar-refractivity contribution in [1.82, 2.24) is 15.0 Å². The molecule has 6 nitrogen and oxygen atoms in total. The van der Waals surface area contributed by atoms with Crippen LogP contribution >= 0.6 is 45.8 Å². The highest BCUT2D eigenvalue weighted by atomic mass is 32.2. The van der Waals surface area contributed by atoms with Crippen LogP contribution in [0.5, 0.6) is 0 Å². The molecule has 370 valence electrons. The zero-order valence-corrected chi connectivity index (χ0v) is 45.5. The van der Waals surface area contributed by atoms with Gasteiger partial charge >= 0.3 is 0 Å². The van der Waals surface area contributed by atoms with Crippen molar-refractivity contribution in [2.24, 2.45) is 15.0 Å². The molecule has 0 aliphatic heterocycles. The van der Waals surface area contributed by atoms with Gasteiger partial charge < -0.3 is 0 Å². The quantitative estimate of drug-likeness (QED) is 0.0499. The second-order valence-electron chi connectivity index (χ2n) is 18.2. The van der Waals surface area contributed by atoms with Gasteiger partial charge in [0, 0.05) is 46.8 Å². The van der Waals surface area contributed by atoms with Crippen molar-refractivity contribution < 1.29 is 0 Å². The highest BCUT2D eigenvalue weighted by Gasteiger charge is 2.22. The highest BCUT2D eigenvalue weighted by Crippen LogP contribution is 2.46. The summed E-state index contributed by atoms with van der Waals surface area (Å²) in [6, 6.07) is 60.2. The smallest absolute Gasteiger partial charge is 0.165 e. The Morgan fingerprint density at radius 3 is 1.70 bits per heavy atom. The molecular formula is C67H48N6S4. The van der Waals surface area contributed by atoms with Crippen LogP contribution in [-0.2, 0) is 6.54 Å². The number of hydrogen-bond donors (Lipinski definition) is 0. The molecule has 0 amide bonds. The molecule has 0 bridgehead atoms. The maximum atomic E-state index is 5.38. The molecule has 10 heteroatoms. The van der Waals surface area contributed by atoms with Gasteiger partial charge in [-0.2, -0.15) is 0 Å². The second kappa shape index (κ2) is 22.0. The lowest BCUT2D eigenvalue weighted by molar-refractivity contribution is 1.08. The number of rotatable bonds is 13. The molecular weight excluding hydrogens is 1020 g/mol. The molecule has 0 aliphatic carbocycles. The Morgan fingerprint density at radius 2 is 1.10 bits per heavy atom. The van der Waals surface area contributed by atoms with E-state index in [0.29, 0.717) is 35.7 Å². The van der Waals surface area contributed by atoms with E-state index in [4.69, 9.17) is 24.9 Å². The SMILES string of the molecule is C=NC(=NC(=NCc1cccc2ccsc12)c1ccc2c(-c3ccccc3)c3cc(-c4nc(-c5cccc6ccsc56)nc(-c5cccc6ccsc56)n4)ccc3c(-c3ccccc3)c2c1)/C(=C/C=C\C)C(=C)S/C=C\C. The lowest BCUT2D eigenvalue weighted by Gasteiger charge is -2.19. The van der Waals surface area contributed by atoms with E-state index in [9.17, 15) is 0 Å². The van der Waals surface area contributed by atoms with E-state index in [2.05, 4.69) is 204 Å². The molecule has 4 aromatic heterocycles. The number of aromatic nitrogens is 3. The third kappa shape index (κ3) is 9.73. The second-order valence-corrected chi connectivity index (χ2v) is 22.0. The van der Waals surface area contributed by atoms with E-state index in [1.165, 1.54) is 21.8 Å². The number of hydrogen-bond acceptors (Lipinski definition) is 8. The van der Waals surface area contributed by atoms with Gasteiger partial charge in [-0.1, -0.05) is 170 Å². The fourth-order valence-corrected chi connectivity index (χ4v) is 13.2. The van der Waals surface area contributed by atoms with Gasteiger partial charge in [-0.25, -0.2) is 24.9 Å². The summed E-state index contributed by atoms with van der Waals surface area (Å²) in [5.41, 5.74) is 9.93. The van der Waals surface area contributed by atoms with Gasteiger partial charge in [0.05, 0.1) is 6.54 Å². The number of aliphatic imine (C=N–C) groups is 3. The summed E-state index contributed by atoms with van der Waals surface area (Å²) >= 11 is 6.65. The number of amidine groups is 2.